The van der Waals surface area contributed by atoms with Crippen LogP contribution in [0.3, 0.4) is 0 Å². The third-order valence-electron chi connectivity index (χ3n) is 4.07. The number of hydrogen-bond donors (Lipinski definition) is 0. The summed E-state index contributed by atoms with van der Waals surface area (Å²) in [4.78, 5) is 14.2. The maximum Gasteiger partial charge on any atom is 0.222 e. The lowest BCUT2D eigenvalue weighted by Crippen LogP contribution is -2.42. The molecule has 3 nitrogen and oxygen atoms in total. The van der Waals surface area contributed by atoms with Gasteiger partial charge in [0.05, 0.1) is 7.11 Å². The number of carbonyl (C=O) groups is 1. The molecule has 1 saturated heterocycles. The number of piperidine rings is 1. The van der Waals surface area contributed by atoms with E-state index in [9.17, 15) is 9.18 Å². The minimum atomic E-state index is -0.373. The number of nitrogens with zero attached hydrogens (tertiary/aromatic N) is 1. The van der Waals surface area contributed by atoms with Crippen LogP contribution in [0.2, 0.25) is 0 Å². The van der Waals surface area contributed by atoms with Crippen molar-refractivity contribution in [2.24, 2.45) is 11.8 Å². The maximum atomic E-state index is 13.6. The van der Waals surface area contributed by atoms with E-state index in [0.29, 0.717) is 24.7 Å². The van der Waals surface area contributed by atoms with Crippen LogP contribution in [-0.2, 0) is 11.2 Å². The van der Waals surface area contributed by atoms with Gasteiger partial charge in [-0.1, -0.05) is 19.9 Å². The second-order valence-corrected chi connectivity index (χ2v) is 6.21. The van der Waals surface area contributed by atoms with Crippen molar-refractivity contribution in [2.75, 3.05) is 20.2 Å². The Morgan fingerprint density at radius 2 is 2.00 bits per heavy atom. The predicted octanol–water partition coefficient (Wildman–Crippen LogP) is 3.27. The van der Waals surface area contributed by atoms with Gasteiger partial charge in [-0.2, -0.15) is 0 Å². The Kier molecular flexibility index (Phi) is 5.21. The number of hydrogen-bond acceptors (Lipinski definition) is 2. The number of methoxy groups -OCH3 is 1. The number of amides is 1. The van der Waals surface area contributed by atoms with Gasteiger partial charge in [0.15, 0.2) is 11.6 Å². The largest absolute Gasteiger partial charge is 0.494 e. The van der Waals surface area contributed by atoms with Gasteiger partial charge in [0.25, 0.3) is 0 Å². The Bertz CT molecular complexity index is 494. The topological polar surface area (TPSA) is 29.5 Å². The van der Waals surface area contributed by atoms with Gasteiger partial charge < -0.3 is 9.64 Å². The molecular weight excluding hydrogens is 269 g/mol. The zero-order chi connectivity index (χ0) is 15.4. The maximum absolute atomic E-state index is 13.6. The minimum absolute atomic E-state index is 0.171. The quantitative estimate of drug-likeness (QED) is 0.852. The summed E-state index contributed by atoms with van der Waals surface area (Å²) in [6.45, 7) is 6.07. The average molecular weight is 293 g/mol. The molecule has 2 unspecified atom stereocenters. The molecule has 1 aliphatic heterocycles. The summed E-state index contributed by atoms with van der Waals surface area (Å²) in [6.07, 6.45) is 2.19. The van der Waals surface area contributed by atoms with Crippen LogP contribution in [0.25, 0.3) is 0 Å². The highest BCUT2D eigenvalue weighted by Gasteiger charge is 2.24. The van der Waals surface area contributed by atoms with Crippen LogP contribution in [0.5, 0.6) is 5.75 Å². The molecule has 0 aromatic heterocycles. The first-order valence-electron chi connectivity index (χ1n) is 7.59. The molecule has 116 valence electrons. The number of aryl methyl sites for hydroxylation is 1. The van der Waals surface area contributed by atoms with Crippen LogP contribution >= 0.6 is 0 Å². The van der Waals surface area contributed by atoms with Crippen molar-refractivity contribution in [3.63, 3.8) is 0 Å². The van der Waals surface area contributed by atoms with Crippen LogP contribution < -0.4 is 4.74 Å². The molecule has 0 aliphatic carbocycles. The summed E-state index contributed by atoms with van der Waals surface area (Å²) in [5, 5.41) is 0. The Balaban J connectivity index is 1.90. The van der Waals surface area contributed by atoms with Crippen LogP contribution in [0.1, 0.15) is 32.3 Å². The third kappa shape index (κ3) is 4.19. The van der Waals surface area contributed by atoms with Crippen molar-refractivity contribution in [1.82, 2.24) is 4.90 Å². The smallest absolute Gasteiger partial charge is 0.222 e. The van der Waals surface area contributed by atoms with E-state index in [1.807, 2.05) is 11.0 Å². The average Bonchev–Trinajstić information content (AvgIpc) is 2.43. The number of likely N-dealkylation sites (tertiary alicyclic amines) is 1. The van der Waals surface area contributed by atoms with E-state index in [2.05, 4.69) is 13.8 Å². The highest BCUT2D eigenvalue weighted by molar-refractivity contribution is 5.76. The lowest BCUT2D eigenvalue weighted by molar-refractivity contribution is -0.133. The van der Waals surface area contributed by atoms with Crippen molar-refractivity contribution >= 4 is 5.91 Å². The summed E-state index contributed by atoms with van der Waals surface area (Å²) in [7, 11) is 1.44. The van der Waals surface area contributed by atoms with Gasteiger partial charge >= 0.3 is 0 Å². The lowest BCUT2D eigenvalue weighted by atomic mass is 9.91. The number of halogens is 1. The fourth-order valence-corrected chi connectivity index (χ4v) is 3.14. The van der Waals surface area contributed by atoms with Crippen LogP contribution in [-0.4, -0.2) is 31.0 Å². The van der Waals surface area contributed by atoms with Crippen molar-refractivity contribution in [3.8, 4) is 5.75 Å². The fourth-order valence-electron chi connectivity index (χ4n) is 3.14. The van der Waals surface area contributed by atoms with Crippen molar-refractivity contribution in [2.45, 2.75) is 33.1 Å². The number of rotatable bonds is 4. The molecule has 1 aliphatic rings. The number of carbonyl (C=O) groups excluding carboxylic acids is 1. The summed E-state index contributed by atoms with van der Waals surface area (Å²) >= 11 is 0. The van der Waals surface area contributed by atoms with Gasteiger partial charge in [-0.15, -0.1) is 0 Å². The molecule has 1 amide bonds. The molecule has 0 spiro atoms. The molecule has 2 rings (SSSR count). The Morgan fingerprint density at radius 3 is 2.57 bits per heavy atom. The van der Waals surface area contributed by atoms with Gasteiger partial charge in [-0.05, 0) is 42.4 Å². The molecule has 0 radical (unpaired) electrons. The fraction of sp³-hybridized carbons (Fsp3) is 0.588. The Morgan fingerprint density at radius 1 is 1.33 bits per heavy atom. The monoisotopic (exact) mass is 293 g/mol. The van der Waals surface area contributed by atoms with Gasteiger partial charge in [-0.25, -0.2) is 4.39 Å². The summed E-state index contributed by atoms with van der Waals surface area (Å²) in [6, 6.07) is 4.88. The molecule has 0 N–H and O–H groups in total. The summed E-state index contributed by atoms with van der Waals surface area (Å²) in [5.41, 5.74) is 0.833. The van der Waals surface area contributed by atoms with Crippen LogP contribution in [0.4, 0.5) is 4.39 Å². The molecule has 4 heteroatoms. The first-order valence-corrected chi connectivity index (χ1v) is 7.59. The molecule has 1 aromatic carbocycles. The number of benzene rings is 1. The standard InChI is InChI=1S/C17H24FNO2/c1-12-8-13(2)11-19(10-12)17(20)7-5-14-4-6-16(21-3)15(18)9-14/h4,6,9,12-13H,5,7-8,10-11H2,1-3H3. The van der Waals surface area contributed by atoms with E-state index < -0.39 is 0 Å². The van der Waals surface area contributed by atoms with E-state index in [4.69, 9.17) is 4.74 Å². The van der Waals surface area contributed by atoms with Gasteiger partial charge in [-0.3, -0.25) is 4.79 Å². The molecule has 0 saturated carbocycles. The molecule has 2 atom stereocenters. The normalized spacial score (nSPS) is 22.2. The highest BCUT2D eigenvalue weighted by Crippen LogP contribution is 2.22. The van der Waals surface area contributed by atoms with Crippen LogP contribution in [0.15, 0.2) is 18.2 Å². The molecule has 0 bridgehead atoms. The molecule has 21 heavy (non-hydrogen) atoms. The van der Waals surface area contributed by atoms with E-state index in [0.717, 1.165) is 18.7 Å². The van der Waals surface area contributed by atoms with Gasteiger partial charge in [0.1, 0.15) is 0 Å². The van der Waals surface area contributed by atoms with E-state index in [1.54, 1.807) is 6.07 Å². The van der Waals surface area contributed by atoms with Crippen molar-refractivity contribution < 1.29 is 13.9 Å². The first-order chi connectivity index (χ1) is 9.99. The zero-order valence-corrected chi connectivity index (χ0v) is 13.1. The van der Waals surface area contributed by atoms with Gasteiger partial charge in [0.2, 0.25) is 5.91 Å². The molecular formula is C17H24FNO2. The van der Waals surface area contributed by atoms with Crippen molar-refractivity contribution in [1.29, 1.82) is 0 Å². The van der Waals surface area contributed by atoms with E-state index in [-0.39, 0.29) is 17.5 Å². The van der Waals surface area contributed by atoms with E-state index >= 15 is 0 Å². The SMILES string of the molecule is COc1ccc(CCC(=O)N2CC(C)CC(C)C2)cc1F. The second kappa shape index (κ2) is 6.92. The highest BCUT2D eigenvalue weighted by atomic mass is 19.1. The summed E-state index contributed by atoms with van der Waals surface area (Å²) in [5.74, 6) is 1.17. The third-order valence-corrected chi connectivity index (χ3v) is 4.07. The molecule has 1 fully saturated rings. The molecule has 1 aromatic rings. The number of ether oxygens (including phenoxy) is 1. The van der Waals surface area contributed by atoms with Gasteiger partial charge in [0, 0.05) is 19.5 Å². The lowest BCUT2D eigenvalue weighted by Gasteiger charge is -2.35. The second-order valence-electron chi connectivity index (χ2n) is 6.21. The minimum Gasteiger partial charge on any atom is -0.494 e. The van der Waals surface area contributed by atoms with E-state index in [1.165, 1.54) is 19.6 Å². The van der Waals surface area contributed by atoms with Crippen molar-refractivity contribution in [3.05, 3.63) is 29.6 Å². The Labute approximate surface area is 126 Å². The zero-order valence-electron chi connectivity index (χ0n) is 13.1. The summed E-state index contributed by atoms with van der Waals surface area (Å²) < 4.78 is 18.5. The van der Waals surface area contributed by atoms with Crippen LogP contribution in [0, 0.1) is 17.7 Å². The first kappa shape index (κ1) is 15.8. The Hall–Kier alpha value is -1.58. The predicted molar refractivity (Wildman–Crippen MR) is 80.8 cm³/mol. The molecule has 1 heterocycles.